The molecule has 130 valence electrons. The quantitative estimate of drug-likeness (QED) is 0.878. The third-order valence-corrected chi connectivity index (χ3v) is 5.76. The van der Waals surface area contributed by atoms with Gasteiger partial charge in [0.05, 0.1) is 17.7 Å². The molecule has 2 N–H and O–H groups in total. The summed E-state index contributed by atoms with van der Waals surface area (Å²) in [5.41, 5.74) is 8.23. The van der Waals surface area contributed by atoms with Crippen molar-refractivity contribution in [2.45, 2.75) is 25.7 Å². The third kappa shape index (κ3) is 3.24. The standard InChI is InChI=1S/C17H21N7S/c18-10-12-2-1-6-24(11-12)15-13-3-7-23(17-20-5-9-25-17)8-4-14(13)21-16(19)22-15/h5,9,12H,1-4,6-8,11H2,(H2,19,21,22)/t12-/m1/s1. The molecule has 2 aliphatic rings. The summed E-state index contributed by atoms with van der Waals surface area (Å²) in [6.07, 6.45) is 5.54. The van der Waals surface area contributed by atoms with E-state index in [-0.39, 0.29) is 5.92 Å². The summed E-state index contributed by atoms with van der Waals surface area (Å²) in [6, 6.07) is 2.40. The van der Waals surface area contributed by atoms with Gasteiger partial charge in [-0.1, -0.05) is 0 Å². The minimum atomic E-state index is 0.0678. The van der Waals surface area contributed by atoms with Crippen LogP contribution in [0.5, 0.6) is 0 Å². The molecule has 0 amide bonds. The second-order valence-electron chi connectivity index (χ2n) is 6.55. The molecule has 2 aromatic heterocycles. The summed E-state index contributed by atoms with van der Waals surface area (Å²) in [7, 11) is 0. The van der Waals surface area contributed by atoms with E-state index in [9.17, 15) is 5.26 Å². The van der Waals surface area contributed by atoms with Crippen LogP contribution in [-0.2, 0) is 12.8 Å². The van der Waals surface area contributed by atoms with E-state index >= 15 is 0 Å². The van der Waals surface area contributed by atoms with Crippen LogP contribution >= 0.6 is 11.3 Å². The van der Waals surface area contributed by atoms with Crippen molar-refractivity contribution in [2.75, 3.05) is 41.7 Å². The van der Waals surface area contributed by atoms with E-state index in [0.717, 1.165) is 68.5 Å². The average Bonchev–Trinajstić information content (AvgIpc) is 3.09. The molecule has 2 aliphatic heterocycles. The molecule has 0 unspecified atom stereocenters. The highest BCUT2D eigenvalue weighted by atomic mass is 32.1. The monoisotopic (exact) mass is 355 g/mol. The van der Waals surface area contributed by atoms with Gasteiger partial charge in [-0.3, -0.25) is 0 Å². The van der Waals surface area contributed by atoms with E-state index in [1.807, 2.05) is 11.6 Å². The summed E-state index contributed by atoms with van der Waals surface area (Å²) in [5.74, 6) is 1.33. The molecule has 4 rings (SSSR count). The number of nitrogens with two attached hydrogens (primary N) is 1. The van der Waals surface area contributed by atoms with Crippen LogP contribution in [0.1, 0.15) is 24.1 Å². The lowest BCUT2D eigenvalue weighted by Gasteiger charge is -2.32. The second-order valence-corrected chi connectivity index (χ2v) is 7.42. The molecule has 1 saturated heterocycles. The largest absolute Gasteiger partial charge is 0.368 e. The number of hydrogen-bond acceptors (Lipinski definition) is 8. The predicted octanol–water partition coefficient (Wildman–Crippen LogP) is 1.86. The van der Waals surface area contributed by atoms with Gasteiger partial charge in [0.15, 0.2) is 5.13 Å². The van der Waals surface area contributed by atoms with Gasteiger partial charge in [-0.15, -0.1) is 11.3 Å². The predicted molar refractivity (Wildman–Crippen MR) is 98.7 cm³/mol. The first-order chi connectivity index (χ1) is 12.2. The number of thiazole rings is 1. The Morgan fingerprint density at radius 2 is 2.08 bits per heavy atom. The van der Waals surface area contributed by atoms with Crippen molar-refractivity contribution in [1.82, 2.24) is 15.0 Å². The lowest BCUT2D eigenvalue weighted by Crippen LogP contribution is -2.36. The Morgan fingerprint density at radius 3 is 2.88 bits per heavy atom. The Hall–Kier alpha value is -2.40. The van der Waals surface area contributed by atoms with E-state index in [1.54, 1.807) is 11.3 Å². The molecular formula is C17H21N7S. The number of hydrogen-bond donors (Lipinski definition) is 1. The van der Waals surface area contributed by atoms with Crippen LogP contribution < -0.4 is 15.5 Å². The Balaban J connectivity index is 1.63. The normalized spacial score (nSPS) is 20.7. The highest BCUT2D eigenvalue weighted by Gasteiger charge is 2.27. The molecular weight excluding hydrogens is 334 g/mol. The van der Waals surface area contributed by atoms with Gasteiger partial charge in [0, 0.05) is 49.7 Å². The Morgan fingerprint density at radius 1 is 1.20 bits per heavy atom. The van der Waals surface area contributed by atoms with E-state index in [0.29, 0.717) is 5.95 Å². The average molecular weight is 355 g/mol. The zero-order valence-corrected chi connectivity index (χ0v) is 14.9. The van der Waals surface area contributed by atoms with Crippen LogP contribution in [0.4, 0.5) is 16.9 Å². The van der Waals surface area contributed by atoms with Crippen molar-refractivity contribution in [2.24, 2.45) is 5.92 Å². The summed E-state index contributed by atoms with van der Waals surface area (Å²) < 4.78 is 0. The van der Waals surface area contributed by atoms with Gasteiger partial charge < -0.3 is 15.5 Å². The maximum Gasteiger partial charge on any atom is 0.222 e. The van der Waals surface area contributed by atoms with Gasteiger partial charge >= 0.3 is 0 Å². The van der Waals surface area contributed by atoms with Gasteiger partial charge in [0.2, 0.25) is 5.95 Å². The number of piperidine rings is 1. The second kappa shape index (κ2) is 6.84. The van der Waals surface area contributed by atoms with Crippen LogP contribution in [0.25, 0.3) is 0 Å². The Kier molecular flexibility index (Phi) is 4.40. The number of nitriles is 1. The molecule has 4 heterocycles. The molecule has 0 bridgehead atoms. The summed E-state index contributed by atoms with van der Waals surface area (Å²) in [6.45, 7) is 3.44. The maximum atomic E-state index is 9.29. The first-order valence-corrected chi connectivity index (χ1v) is 9.57. The van der Waals surface area contributed by atoms with Crippen molar-refractivity contribution < 1.29 is 0 Å². The summed E-state index contributed by atoms with van der Waals surface area (Å²) in [4.78, 5) is 18.0. The van der Waals surface area contributed by atoms with Crippen molar-refractivity contribution in [3.63, 3.8) is 0 Å². The van der Waals surface area contributed by atoms with Crippen molar-refractivity contribution in [3.8, 4) is 6.07 Å². The molecule has 2 aromatic rings. The highest BCUT2D eigenvalue weighted by molar-refractivity contribution is 7.13. The molecule has 0 radical (unpaired) electrons. The maximum absolute atomic E-state index is 9.29. The number of fused-ring (bicyclic) bond motifs is 1. The van der Waals surface area contributed by atoms with Crippen LogP contribution in [0.2, 0.25) is 0 Å². The topological polar surface area (TPSA) is 95.0 Å². The van der Waals surface area contributed by atoms with Gasteiger partial charge in [-0.2, -0.15) is 10.2 Å². The van der Waals surface area contributed by atoms with E-state index < -0.39 is 0 Å². The molecule has 0 aromatic carbocycles. The number of nitrogens with zero attached hydrogens (tertiary/aromatic N) is 6. The fraction of sp³-hybridized carbons (Fsp3) is 0.529. The molecule has 0 aliphatic carbocycles. The van der Waals surface area contributed by atoms with Crippen LogP contribution in [0, 0.1) is 17.2 Å². The summed E-state index contributed by atoms with van der Waals surface area (Å²) in [5, 5.41) is 12.3. The molecule has 0 saturated carbocycles. The molecule has 1 atom stereocenters. The third-order valence-electron chi connectivity index (χ3n) is 4.93. The molecule has 25 heavy (non-hydrogen) atoms. The zero-order valence-electron chi connectivity index (χ0n) is 14.1. The molecule has 8 heteroatoms. The smallest absolute Gasteiger partial charge is 0.222 e. The number of rotatable bonds is 2. The molecule has 0 spiro atoms. The SMILES string of the molecule is N#C[C@H]1CCCN(c2nc(N)nc3c2CCN(c2nccs2)CC3)C1. The molecule has 1 fully saturated rings. The van der Waals surface area contributed by atoms with E-state index in [4.69, 9.17) is 5.73 Å². The van der Waals surface area contributed by atoms with Crippen LogP contribution in [0.3, 0.4) is 0 Å². The Labute approximate surface area is 151 Å². The minimum Gasteiger partial charge on any atom is -0.368 e. The Bertz CT molecular complexity index is 783. The lowest BCUT2D eigenvalue weighted by atomic mass is 9.98. The van der Waals surface area contributed by atoms with Crippen molar-refractivity contribution >= 4 is 28.2 Å². The first-order valence-electron chi connectivity index (χ1n) is 8.69. The van der Waals surface area contributed by atoms with Crippen molar-refractivity contribution in [1.29, 1.82) is 5.26 Å². The number of aromatic nitrogens is 3. The fourth-order valence-electron chi connectivity index (χ4n) is 3.70. The lowest BCUT2D eigenvalue weighted by molar-refractivity contribution is 0.489. The van der Waals surface area contributed by atoms with E-state index in [1.165, 1.54) is 5.56 Å². The minimum absolute atomic E-state index is 0.0678. The highest BCUT2D eigenvalue weighted by Crippen LogP contribution is 2.30. The van der Waals surface area contributed by atoms with Crippen LogP contribution in [-0.4, -0.2) is 41.1 Å². The van der Waals surface area contributed by atoms with Crippen LogP contribution in [0.15, 0.2) is 11.6 Å². The van der Waals surface area contributed by atoms with Gasteiger partial charge in [-0.05, 0) is 19.3 Å². The van der Waals surface area contributed by atoms with Gasteiger partial charge in [0.1, 0.15) is 5.82 Å². The van der Waals surface area contributed by atoms with Crippen molar-refractivity contribution in [3.05, 3.63) is 22.8 Å². The molecule has 7 nitrogen and oxygen atoms in total. The van der Waals surface area contributed by atoms with E-state index in [2.05, 4.69) is 30.8 Å². The zero-order chi connectivity index (χ0) is 17.2. The fourth-order valence-corrected chi connectivity index (χ4v) is 4.39. The number of anilines is 3. The van der Waals surface area contributed by atoms with Gasteiger partial charge in [0.25, 0.3) is 0 Å². The first kappa shape index (κ1) is 16.1. The summed E-state index contributed by atoms with van der Waals surface area (Å²) >= 11 is 1.66. The van der Waals surface area contributed by atoms with Gasteiger partial charge in [-0.25, -0.2) is 9.97 Å². The number of nitrogen functional groups attached to an aromatic ring is 1.